The van der Waals surface area contributed by atoms with E-state index in [-0.39, 0.29) is 17.8 Å². The molecule has 0 saturated heterocycles. The topological polar surface area (TPSA) is 58.4 Å². The molecule has 30 heavy (non-hydrogen) atoms. The van der Waals surface area contributed by atoms with E-state index in [9.17, 15) is 14.0 Å². The largest absolute Gasteiger partial charge is 0.310 e. The number of hydrogen-bond acceptors (Lipinski definition) is 4. The molecule has 2 aromatic carbocycles. The zero-order chi connectivity index (χ0) is 21.7. The van der Waals surface area contributed by atoms with E-state index in [1.165, 1.54) is 23.0 Å². The highest BCUT2D eigenvalue weighted by Crippen LogP contribution is 2.20. The normalized spacial score (nSPS) is 11.2. The third-order valence-electron chi connectivity index (χ3n) is 5.05. The summed E-state index contributed by atoms with van der Waals surface area (Å²) in [5, 5.41) is 0.155. The molecule has 3 aromatic rings. The molecule has 0 atom stereocenters. The summed E-state index contributed by atoms with van der Waals surface area (Å²) in [5.74, 6) is -0.750. The van der Waals surface area contributed by atoms with Crippen LogP contribution in [0, 0.1) is 5.82 Å². The van der Waals surface area contributed by atoms with Gasteiger partial charge in [-0.1, -0.05) is 35.8 Å². The van der Waals surface area contributed by atoms with E-state index in [0.717, 1.165) is 29.3 Å². The molecule has 8 heteroatoms. The van der Waals surface area contributed by atoms with E-state index in [1.54, 1.807) is 4.90 Å². The Labute approximate surface area is 183 Å². The van der Waals surface area contributed by atoms with Crippen LogP contribution in [-0.4, -0.2) is 46.5 Å². The summed E-state index contributed by atoms with van der Waals surface area (Å²) in [6, 6.07) is 11.4. The van der Waals surface area contributed by atoms with Crippen LogP contribution in [-0.2, 0) is 11.3 Å². The number of fused-ring (bicyclic) bond motifs is 1. The van der Waals surface area contributed by atoms with Gasteiger partial charge < -0.3 is 9.80 Å². The average molecular weight is 475 g/mol. The highest BCUT2D eigenvalue weighted by atomic mass is 79.9. The van der Waals surface area contributed by atoms with Crippen LogP contribution < -0.4 is 10.5 Å². The Kier molecular flexibility index (Phi) is 7.33. The molecule has 0 saturated carbocycles. The first-order valence-corrected chi connectivity index (χ1v) is 10.6. The van der Waals surface area contributed by atoms with Gasteiger partial charge >= 0.3 is 0 Å². The Balaban J connectivity index is 1.90. The van der Waals surface area contributed by atoms with Crippen LogP contribution in [0.4, 0.5) is 10.1 Å². The minimum absolute atomic E-state index is 0.155. The van der Waals surface area contributed by atoms with Crippen LogP contribution >= 0.6 is 15.9 Å². The molecule has 1 heterocycles. The van der Waals surface area contributed by atoms with Crippen LogP contribution in [0.1, 0.15) is 13.8 Å². The molecule has 3 rings (SSSR count). The van der Waals surface area contributed by atoms with Crippen LogP contribution in [0.5, 0.6) is 0 Å². The maximum Gasteiger partial charge on any atom is 0.261 e. The third-order valence-corrected chi connectivity index (χ3v) is 5.54. The van der Waals surface area contributed by atoms with Gasteiger partial charge in [0.1, 0.15) is 12.4 Å². The quantitative estimate of drug-likeness (QED) is 0.499. The number of carbonyl (C=O) groups is 1. The molecular weight excluding hydrogens is 451 g/mol. The van der Waals surface area contributed by atoms with Gasteiger partial charge in [-0.2, -0.15) is 0 Å². The molecule has 0 aliphatic heterocycles. The highest BCUT2D eigenvalue weighted by Gasteiger charge is 2.19. The second-order valence-electron chi connectivity index (χ2n) is 6.89. The van der Waals surface area contributed by atoms with E-state index in [4.69, 9.17) is 0 Å². The molecule has 158 valence electrons. The number of anilines is 1. The van der Waals surface area contributed by atoms with Crippen LogP contribution in [0.2, 0.25) is 0 Å². The summed E-state index contributed by atoms with van der Waals surface area (Å²) < 4.78 is 15.7. The Hall–Kier alpha value is -2.58. The molecule has 1 amide bonds. The van der Waals surface area contributed by atoms with Gasteiger partial charge in [0.15, 0.2) is 0 Å². The monoisotopic (exact) mass is 474 g/mol. The summed E-state index contributed by atoms with van der Waals surface area (Å²) in [5.41, 5.74) is 0.704. The number of amides is 1. The lowest BCUT2D eigenvalue weighted by atomic mass is 10.2. The van der Waals surface area contributed by atoms with E-state index >= 15 is 0 Å². The van der Waals surface area contributed by atoms with E-state index < -0.39 is 11.4 Å². The molecule has 6 nitrogen and oxygen atoms in total. The van der Waals surface area contributed by atoms with Crippen molar-refractivity contribution in [1.82, 2.24) is 14.5 Å². The fourth-order valence-corrected chi connectivity index (χ4v) is 3.69. The number of rotatable bonds is 8. The smallest absolute Gasteiger partial charge is 0.261 e. The van der Waals surface area contributed by atoms with E-state index in [0.29, 0.717) is 18.6 Å². The van der Waals surface area contributed by atoms with Crippen molar-refractivity contribution >= 4 is 38.4 Å². The summed E-state index contributed by atoms with van der Waals surface area (Å²) in [6.07, 6.45) is 1.34. The summed E-state index contributed by atoms with van der Waals surface area (Å²) >= 11 is 3.45. The van der Waals surface area contributed by atoms with Crippen molar-refractivity contribution in [3.05, 3.63) is 69.4 Å². The lowest BCUT2D eigenvalue weighted by molar-refractivity contribution is -0.119. The Bertz CT molecular complexity index is 1100. The number of likely N-dealkylation sites (N-methyl/N-ethyl adjacent to an activating group) is 1. The van der Waals surface area contributed by atoms with Crippen molar-refractivity contribution in [2.45, 2.75) is 20.4 Å². The van der Waals surface area contributed by atoms with Gasteiger partial charge in [-0.25, -0.2) is 9.37 Å². The van der Waals surface area contributed by atoms with Crippen molar-refractivity contribution in [2.75, 3.05) is 31.1 Å². The first-order valence-electron chi connectivity index (χ1n) is 9.86. The number of benzene rings is 2. The molecule has 1 aromatic heterocycles. The predicted molar refractivity (Wildman–Crippen MR) is 120 cm³/mol. The maximum atomic E-state index is 13.6. The van der Waals surface area contributed by atoms with Crippen LogP contribution in [0.3, 0.4) is 0 Å². The van der Waals surface area contributed by atoms with E-state index in [1.807, 2.05) is 24.3 Å². The first kappa shape index (κ1) is 22.1. The lowest BCUT2D eigenvalue weighted by Gasteiger charge is -2.27. The second kappa shape index (κ2) is 9.95. The predicted octanol–water partition coefficient (Wildman–Crippen LogP) is 3.67. The molecule has 0 unspecified atom stereocenters. The molecular formula is C22H24BrFN4O2. The maximum absolute atomic E-state index is 13.6. The average Bonchev–Trinajstić information content (AvgIpc) is 2.73. The Morgan fingerprint density at radius 1 is 1.13 bits per heavy atom. The van der Waals surface area contributed by atoms with Crippen molar-refractivity contribution in [2.24, 2.45) is 0 Å². The fraction of sp³-hybridized carbons (Fsp3) is 0.318. The lowest BCUT2D eigenvalue weighted by Crippen LogP contribution is -2.41. The molecule has 0 fully saturated rings. The van der Waals surface area contributed by atoms with Crippen molar-refractivity contribution in [3.63, 3.8) is 0 Å². The van der Waals surface area contributed by atoms with Gasteiger partial charge in [0, 0.05) is 23.2 Å². The minimum atomic E-state index is -0.513. The zero-order valence-electron chi connectivity index (χ0n) is 17.0. The van der Waals surface area contributed by atoms with Gasteiger partial charge in [-0.3, -0.25) is 14.2 Å². The van der Waals surface area contributed by atoms with Crippen LogP contribution in [0.25, 0.3) is 10.9 Å². The first-order chi connectivity index (χ1) is 14.4. The summed E-state index contributed by atoms with van der Waals surface area (Å²) in [7, 11) is 0. The van der Waals surface area contributed by atoms with Gasteiger partial charge in [0.05, 0.1) is 17.2 Å². The fourth-order valence-electron chi connectivity index (χ4n) is 3.30. The number of halogens is 2. The minimum Gasteiger partial charge on any atom is -0.310 e. The van der Waals surface area contributed by atoms with Gasteiger partial charge in [0.2, 0.25) is 5.91 Å². The number of nitrogens with zero attached hydrogens (tertiary/aromatic N) is 4. The molecule has 0 aliphatic rings. The Morgan fingerprint density at radius 3 is 2.60 bits per heavy atom. The van der Waals surface area contributed by atoms with Gasteiger partial charge in [-0.05, 0) is 49.5 Å². The standard InChI is InChI=1S/C22H24BrFN4O2/c1-3-26(4-2)10-11-28(18-7-5-6-16(23)12-18)21(29)14-27-15-25-20-9-8-17(24)13-19(20)22(27)30/h5-9,12-13,15H,3-4,10-11,14H2,1-2H3. The van der Waals surface area contributed by atoms with Crippen molar-refractivity contribution in [1.29, 1.82) is 0 Å². The van der Waals surface area contributed by atoms with Crippen molar-refractivity contribution in [3.8, 4) is 0 Å². The Morgan fingerprint density at radius 2 is 1.90 bits per heavy atom. The third kappa shape index (κ3) is 5.12. The second-order valence-corrected chi connectivity index (χ2v) is 7.81. The molecule has 0 spiro atoms. The SMILES string of the molecule is CCN(CC)CCN(C(=O)Cn1cnc2ccc(F)cc2c1=O)c1cccc(Br)c1. The number of aromatic nitrogens is 2. The molecule has 0 radical (unpaired) electrons. The number of hydrogen-bond donors (Lipinski definition) is 0. The van der Waals surface area contributed by atoms with Crippen molar-refractivity contribution < 1.29 is 9.18 Å². The molecule has 0 bridgehead atoms. The number of carbonyl (C=O) groups excluding carboxylic acids is 1. The zero-order valence-corrected chi connectivity index (χ0v) is 18.6. The van der Waals surface area contributed by atoms with E-state index in [2.05, 4.69) is 39.7 Å². The summed E-state index contributed by atoms with van der Waals surface area (Å²) in [6.45, 7) is 6.95. The van der Waals surface area contributed by atoms with Crippen LogP contribution in [0.15, 0.2) is 58.1 Å². The molecule has 0 N–H and O–H groups in total. The molecule has 0 aliphatic carbocycles. The van der Waals surface area contributed by atoms with Gasteiger partial charge in [-0.15, -0.1) is 0 Å². The van der Waals surface area contributed by atoms with Gasteiger partial charge in [0.25, 0.3) is 5.56 Å². The summed E-state index contributed by atoms with van der Waals surface area (Å²) in [4.78, 5) is 34.0. The highest BCUT2D eigenvalue weighted by molar-refractivity contribution is 9.10.